The third-order valence-electron chi connectivity index (χ3n) is 5.09. The Bertz CT molecular complexity index is 448. The van der Waals surface area contributed by atoms with E-state index in [9.17, 15) is 0 Å². The van der Waals surface area contributed by atoms with Crippen molar-refractivity contribution in [2.24, 2.45) is 5.92 Å². The van der Waals surface area contributed by atoms with Crippen molar-refractivity contribution in [3.05, 3.63) is 11.9 Å². The lowest BCUT2D eigenvalue weighted by Crippen LogP contribution is -2.35. The van der Waals surface area contributed by atoms with Crippen LogP contribution in [0, 0.1) is 12.8 Å². The number of hydrogen-bond acceptors (Lipinski definition) is 3. The molecule has 1 aliphatic carbocycles. The van der Waals surface area contributed by atoms with E-state index >= 15 is 0 Å². The average Bonchev–Trinajstić information content (AvgIpc) is 2.87. The Morgan fingerprint density at radius 2 is 2.00 bits per heavy atom. The number of nitrogens with one attached hydrogen (secondary N) is 1. The van der Waals surface area contributed by atoms with Crippen LogP contribution in [-0.4, -0.2) is 41.1 Å². The Hall–Kier alpha value is -1.03. The number of imidazole rings is 1. The molecule has 1 aromatic rings. The van der Waals surface area contributed by atoms with E-state index in [1.165, 1.54) is 58.0 Å². The first-order valence-corrected chi connectivity index (χ1v) is 8.70. The highest BCUT2D eigenvalue weighted by Crippen LogP contribution is 2.31. The van der Waals surface area contributed by atoms with Gasteiger partial charge in [-0.05, 0) is 52.1 Å². The third kappa shape index (κ3) is 3.79. The molecule has 4 nitrogen and oxygen atoms in total. The van der Waals surface area contributed by atoms with Gasteiger partial charge < -0.3 is 14.8 Å². The third-order valence-corrected chi connectivity index (χ3v) is 5.09. The fourth-order valence-corrected chi connectivity index (χ4v) is 3.96. The van der Waals surface area contributed by atoms with E-state index in [0.29, 0.717) is 6.04 Å². The van der Waals surface area contributed by atoms with Crippen molar-refractivity contribution < 1.29 is 0 Å². The van der Waals surface area contributed by atoms with Crippen LogP contribution in [0.5, 0.6) is 0 Å². The molecule has 1 atom stereocenters. The molecule has 0 spiro atoms. The molecule has 4 heteroatoms. The molecule has 3 rings (SSSR count). The molecule has 0 aromatic carbocycles. The maximum Gasteiger partial charge on any atom is 0.203 e. The number of rotatable bonds is 4. The van der Waals surface area contributed by atoms with Crippen LogP contribution < -0.4 is 5.32 Å². The maximum atomic E-state index is 4.73. The summed E-state index contributed by atoms with van der Waals surface area (Å²) in [4.78, 5) is 7.18. The zero-order valence-corrected chi connectivity index (χ0v) is 13.6. The first-order chi connectivity index (χ1) is 10.2. The molecule has 0 radical (unpaired) electrons. The molecule has 1 aliphatic heterocycles. The highest BCUT2D eigenvalue weighted by molar-refractivity contribution is 5.30. The van der Waals surface area contributed by atoms with Gasteiger partial charge in [0, 0.05) is 25.3 Å². The number of nitrogens with zero attached hydrogens (tertiary/aromatic N) is 3. The molecular weight excluding hydrogens is 260 g/mol. The normalized spacial score (nSPS) is 25.1. The topological polar surface area (TPSA) is 33.1 Å². The molecule has 1 saturated heterocycles. The second-order valence-corrected chi connectivity index (χ2v) is 7.06. The summed E-state index contributed by atoms with van der Waals surface area (Å²) in [7, 11) is 2.24. The molecule has 118 valence electrons. The van der Waals surface area contributed by atoms with Crippen LogP contribution in [-0.2, 0) is 0 Å². The number of aryl methyl sites for hydroxylation is 1. The molecule has 1 N–H and O–H groups in total. The molecule has 0 amide bonds. The maximum absolute atomic E-state index is 4.73. The smallest absolute Gasteiger partial charge is 0.203 e. The zero-order chi connectivity index (χ0) is 14.7. The zero-order valence-electron chi connectivity index (χ0n) is 13.6. The van der Waals surface area contributed by atoms with Gasteiger partial charge in [-0.25, -0.2) is 4.98 Å². The summed E-state index contributed by atoms with van der Waals surface area (Å²) in [5.74, 6) is 1.87. The standard InChI is InChI=1S/C17H30N4/c1-14-12-21(16-8-4-3-5-9-16)17(19-14)18-11-15-7-6-10-20(2)13-15/h12,15-16H,3-11,13H2,1-2H3,(H,18,19). The first kappa shape index (κ1) is 14.9. The SMILES string of the molecule is Cc1cn(C2CCCCC2)c(NCC2CCCN(C)C2)n1. The first-order valence-electron chi connectivity index (χ1n) is 8.70. The highest BCUT2D eigenvalue weighted by Gasteiger charge is 2.21. The van der Waals surface area contributed by atoms with Gasteiger partial charge in [-0.1, -0.05) is 19.3 Å². The van der Waals surface area contributed by atoms with Crippen LogP contribution in [0.2, 0.25) is 0 Å². The van der Waals surface area contributed by atoms with Crippen LogP contribution in [0.3, 0.4) is 0 Å². The van der Waals surface area contributed by atoms with Crippen molar-refractivity contribution in [3.63, 3.8) is 0 Å². The van der Waals surface area contributed by atoms with Crippen molar-refractivity contribution in [1.82, 2.24) is 14.5 Å². The second-order valence-electron chi connectivity index (χ2n) is 7.06. The van der Waals surface area contributed by atoms with E-state index in [1.54, 1.807) is 0 Å². The van der Waals surface area contributed by atoms with Gasteiger partial charge in [-0.3, -0.25) is 0 Å². The van der Waals surface area contributed by atoms with Crippen LogP contribution in [0.4, 0.5) is 5.95 Å². The number of hydrogen-bond donors (Lipinski definition) is 1. The lowest BCUT2D eigenvalue weighted by atomic mass is 9.95. The molecule has 2 aliphatic rings. The van der Waals surface area contributed by atoms with Crippen LogP contribution in [0.1, 0.15) is 56.7 Å². The summed E-state index contributed by atoms with van der Waals surface area (Å²) >= 11 is 0. The number of aromatic nitrogens is 2. The summed E-state index contributed by atoms with van der Waals surface area (Å²) in [6, 6.07) is 0.663. The van der Waals surface area contributed by atoms with Gasteiger partial charge >= 0.3 is 0 Å². The largest absolute Gasteiger partial charge is 0.355 e. The van der Waals surface area contributed by atoms with E-state index in [4.69, 9.17) is 4.98 Å². The second kappa shape index (κ2) is 6.82. The van der Waals surface area contributed by atoms with Crippen LogP contribution in [0.15, 0.2) is 6.20 Å². The lowest BCUT2D eigenvalue weighted by molar-refractivity contribution is 0.217. The number of likely N-dealkylation sites (tertiary alicyclic amines) is 1. The molecule has 2 fully saturated rings. The molecule has 0 bridgehead atoms. The fraction of sp³-hybridized carbons (Fsp3) is 0.824. The quantitative estimate of drug-likeness (QED) is 0.922. The molecule has 1 unspecified atom stereocenters. The average molecular weight is 290 g/mol. The lowest BCUT2D eigenvalue weighted by Gasteiger charge is -2.30. The Kier molecular flexibility index (Phi) is 4.84. The van der Waals surface area contributed by atoms with Gasteiger partial charge in [-0.2, -0.15) is 0 Å². The predicted octanol–water partition coefficient (Wildman–Crippen LogP) is 3.45. The van der Waals surface area contributed by atoms with Gasteiger partial charge in [0.25, 0.3) is 0 Å². The van der Waals surface area contributed by atoms with Gasteiger partial charge in [0.2, 0.25) is 5.95 Å². The molecule has 21 heavy (non-hydrogen) atoms. The fourth-order valence-electron chi connectivity index (χ4n) is 3.96. The predicted molar refractivity (Wildman–Crippen MR) is 87.8 cm³/mol. The van der Waals surface area contributed by atoms with E-state index in [0.717, 1.165) is 24.1 Å². The molecular formula is C17H30N4. The summed E-state index contributed by atoms with van der Waals surface area (Å²) in [6.07, 6.45) is 11.7. The van der Waals surface area contributed by atoms with Gasteiger partial charge in [-0.15, -0.1) is 0 Å². The van der Waals surface area contributed by atoms with Crippen molar-refractivity contribution in [2.45, 2.75) is 57.9 Å². The number of piperidine rings is 1. The summed E-state index contributed by atoms with van der Waals surface area (Å²) in [5, 5.41) is 3.65. The van der Waals surface area contributed by atoms with E-state index in [2.05, 4.69) is 35.0 Å². The van der Waals surface area contributed by atoms with Crippen molar-refractivity contribution in [1.29, 1.82) is 0 Å². The Morgan fingerprint density at radius 3 is 2.76 bits per heavy atom. The van der Waals surface area contributed by atoms with Crippen molar-refractivity contribution in [2.75, 3.05) is 32.0 Å². The molecule has 1 saturated carbocycles. The monoisotopic (exact) mass is 290 g/mol. The van der Waals surface area contributed by atoms with E-state index in [1.807, 2.05) is 0 Å². The molecule has 1 aromatic heterocycles. The minimum absolute atomic E-state index is 0.663. The van der Waals surface area contributed by atoms with Crippen LogP contribution in [0.25, 0.3) is 0 Å². The summed E-state index contributed by atoms with van der Waals surface area (Å²) in [5.41, 5.74) is 1.14. The van der Waals surface area contributed by atoms with Gasteiger partial charge in [0.05, 0.1) is 5.69 Å². The highest BCUT2D eigenvalue weighted by atomic mass is 15.2. The van der Waals surface area contributed by atoms with Crippen molar-refractivity contribution in [3.8, 4) is 0 Å². The van der Waals surface area contributed by atoms with Crippen molar-refractivity contribution >= 4 is 5.95 Å². The van der Waals surface area contributed by atoms with Crippen LogP contribution >= 0.6 is 0 Å². The summed E-state index contributed by atoms with van der Waals surface area (Å²) < 4.78 is 2.42. The van der Waals surface area contributed by atoms with E-state index in [-0.39, 0.29) is 0 Å². The number of anilines is 1. The van der Waals surface area contributed by atoms with Gasteiger partial charge in [0.15, 0.2) is 0 Å². The minimum atomic E-state index is 0.663. The molecule has 2 heterocycles. The Morgan fingerprint density at radius 1 is 1.19 bits per heavy atom. The Labute approximate surface area is 128 Å². The Balaban J connectivity index is 1.61. The summed E-state index contributed by atoms with van der Waals surface area (Å²) in [6.45, 7) is 5.65. The van der Waals surface area contributed by atoms with Gasteiger partial charge in [0.1, 0.15) is 0 Å². The van der Waals surface area contributed by atoms with E-state index < -0.39 is 0 Å². The minimum Gasteiger partial charge on any atom is -0.355 e.